The first-order valence-corrected chi connectivity index (χ1v) is 8.92. The number of fused-ring (bicyclic) bond motifs is 1. The fourth-order valence-corrected chi connectivity index (χ4v) is 3.34. The number of rotatable bonds is 3. The maximum absolute atomic E-state index is 13.2. The summed E-state index contributed by atoms with van der Waals surface area (Å²) >= 11 is 0. The Morgan fingerprint density at radius 1 is 1.00 bits per heavy atom. The minimum Gasteiger partial charge on any atom is -0.285 e. The average Bonchev–Trinajstić information content (AvgIpc) is 2.68. The molecule has 1 fully saturated rings. The molecule has 4 rings (SSSR count). The lowest BCUT2D eigenvalue weighted by atomic mass is 10.0. The zero-order valence-corrected chi connectivity index (χ0v) is 14.4. The number of carbonyl (C=O) groups is 1. The fourth-order valence-electron chi connectivity index (χ4n) is 3.34. The second kappa shape index (κ2) is 7.22. The first kappa shape index (κ1) is 16.7. The molecule has 0 spiro atoms. The first-order valence-electron chi connectivity index (χ1n) is 8.92. The molecule has 1 aliphatic rings. The summed E-state index contributed by atoms with van der Waals surface area (Å²) in [5, 5.41) is 2.80. The highest BCUT2D eigenvalue weighted by molar-refractivity contribution is 6.07. The van der Waals surface area contributed by atoms with Crippen LogP contribution < -0.4 is 5.43 Å². The van der Waals surface area contributed by atoms with Crippen LogP contribution in [0.4, 0.5) is 4.39 Å². The van der Waals surface area contributed by atoms with Gasteiger partial charge in [-0.3, -0.25) is 10.2 Å². The highest BCUT2D eigenvalue weighted by Gasteiger charge is 2.17. The molecule has 5 heteroatoms. The number of para-hydroxylation sites is 1. The number of nitrogens with zero attached hydrogens (tertiary/aromatic N) is 2. The predicted molar refractivity (Wildman–Crippen MR) is 100 cm³/mol. The van der Waals surface area contributed by atoms with Gasteiger partial charge < -0.3 is 0 Å². The third kappa shape index (κ3) is 3.44. The van der Waals surface area contributed by atoms with E-state index in [1.807, 2.05) is 29.3 Å². The van der Waals surface area contributed by atoms with Crippen molar-refractivity contribution < 1.29 is 9.18 Å². The molecule has 1 aromatic heterocycles. The molecule has 0 atom stereocenters. The number of hydrogen-bond acceptors (Lipinski definition) is 3. The molecule has 0 saturated carbocycles. The lowest BCUT2D eigenvalue weighted by Gasteiger charge is -2.27. The molecule has 1 amide bonds. The molecular weight excluding hydrogens is 329 g/mol. The van der Waals surface area contributed by atoms with Gasteiger partial charge >= 0.3 is 0 Å². The standard InChI is InChI=1S/C21H20FN3O/c22-16-10-8-15(9-11-16)20-14-18(17-6-2-3-7-19(17)23-20)21(26)24-25-12-4-1-5-13-25/h2-3,6-11,14H,1,4-5,12-13H2,(H,24,26). The van der Waals surface area contributed by atoms with E-state index in [0.717, 1.165) is 42.4 Å². The zero-order chi connectivity index (χ0) is 17.9. The van der Waals surface area contributed by atoms with E-state index in [9.17, 15) is 9.18 Å². The maximum atomic E-state index is 13.2. The third-order valence-electron chi connectivity index (χ3n) is 4.72. The third-order valence-corrected chi connectivity index (χ3v) is 4.72. The molecule has 132 valence electrons. The number of piperidine rings is 1. The lowest BCUT2D eigenvalue weighted by molar-refractivity contribution is 0.0752. The molecule has 1 N–H and O–H groups in total. The number of hydrogen-bond donors (Lipinski definition) is 1. The van der Waals surface area contributed by atoms with Gasteiger partial charge in [0.25, 0.3) is 5.91 Å². The molecule has 1 saturated heterocycles. The Labute approximate surface area is 151 Å². The number of nitrogens with one attached hydrogen (secondary N) is 1. The van der Waals surface area contributed by atoms with Gasteiger partial charge in [-0.15, -0.1) is 0 Å². The summed E-state index contributed by atoms with van der Waals surface area (Å²) in [4.78, 5) is 17.6. The van der Waals surface area contributed by atoms with Crippen molar-refractivity contribution in [1.29, 1.82) is 0 Å². The molecule has 4 nitrogen and oxygen atoms in total. The fraction of sp³-hybridized carbons (Fsp3) is 0.238. The molecular formula is C21H20FN3O. The Kier molecular flexibility index (Phi) is 4.63. The first-order chi connectivity index (χ1) is 12.7. The van der Waals surface area contributed by atoms with E-state index in [4.69, 9.17) is 0 Å². The second-order valence-corrected chi connectivity index (χ2v) is 6.57. The van der Waals surface area contributed by atoms with Gasteiger partial charge in [-0.25, -0.2) is 14.4 Å². The molecule has 26 heavy (non-hydrogen) atoms. The molecule has 0 unspecified atom stereocenters. The van der Waals surface area contributed by atoms with Crippen LogP contribution in [0.25, 0.3) is 22.2 Å². The molecule has 0 bridgehead atoms. The summed E-state index contributed by atoms with van der Waals surface area (Å²) in [6, 6.07) is 15.5. The van der Waals surface area contributed by atoms with Crippen LogP contribution in [-0.4, -0.2) is 29.0 Å². The monoisotopic (exact) mass is 349 g/mol. The van der Waals surface area contributed by atoms with Crippen LogP contribution in [0.1, 0.15) is 29.6 Å². The topological polar surface area (TPSA) is 45.2 Å². The van der Waals surface area contributed by atoms with Gasteiger partial charge in [0.1, 0.15) is 5.82 Å². The molecule has 3 aromatic rings. The molecule has 0 aliphatic carbocycles. The van der Waals surface area contributed by atoms with Gasteiger partial charge in [0.2, 0.25) is 0 Å². The smallest absolute Gasteiger partial charge is 0.266 e. The summed E-state index contributed by atoms with van der Waals surface area (Å²) in [6.45, 7) is 1.75. The number of aromatic nitrogens is 1. The van der Waals surface area contributed by atoms with Crippen molar-refractivity contribution in [3.05, 3.63) is 66.0 Å². The van der Waals surface area contributed by atoms with E-state index in [-0.39, 0.29) is 11.7 Å². The van der Waals surface area contributed by atoms with E-state index < -0.39 is 0 Å². The SMILES string of the molecule is O=C(NN1CCCCC1)c1cc(-c2ccc(F)cc2)nc2ccccc12. The number of carbonyl (C=O) groups excluding carboxylic acids is 1. The van der Waals surface area contributed by atoms with Crippen LogP contribution in [-0.2, 0) is 0 Å². The van der Waals surface area contributed by atoms with E-state index in [2.05, 4.69) is 10.4 Å². The van der Waals surface area contributed by atoms with Crippen LogP contribution in [0.5, 0.6) is 0 Å². The van der Waals surface area contributed by atoms with E-state index in [0.29, 0.717) is 11.3 Å². The number of hydrazine groups is 1. The van der Waals surface area contributed by atoms with Crippen LogP contribution in [0.2, 0.25) is 0 Å². The minimum absolute atomic E-state index is 0.131. The van der Waals surface area contributed by atoms with Crippen molar-refractivity contribution in [3.8, 4) is 11.3 Å². The van der Waals surface area contributed by atoms with Crippen molar-refractivity contribution in [3.63, 3.8) is 0 Å². The zero-order valence-electron chi connectivity index (χ0n) is 14.4. The molecule has 2 heterocycles. The van der Waals surface area contributed by atoms with Gasteiger partial charge in [-0.2, -0.15) is 0 Å². The Bertz CT molecular complexity index is 934. The van der Waals surface area contributed by atoms with Gasteiger partial charge in [0, 0.05) is 24.0 Å². The summed E-state index contributed by atoms with van der Waals surface area (Å²) in [5.41, 5.74) is 5.80. The largest absolute Gasteiger partial charge is 0.285 e. The highest BCUT2D eigenvalue weighted by Crippen LogP contribution is 2.25. The van der Waals surface area contributed by atoms with E-state index in [1.165, 1.54) is 18.6 Å². The highest BCUT2D eigenvalue weighted by atomic mass is 19.1. The van der Waals surface area contributed by atoms with Gasteiger partial charge in [-0.05, 0) is 49.2 Å². The molecule has 0 radical (unpaired) electrons. The van der Waals surface area contributed by atoms with Crippen LogP contribution >= 0.6 is 0 Å². The molecule has 1 aliphatic heterocycles. The maximum Gasteiger partial charge on any atom is 0.266 e. The Balaban J connectivity index is 1.74. The van der Waals surface area contributed by atoms with Gasteiger partial charge in [0.15, 0.2) is 0 Å². The van der Waals surface area contributed by atoms with Crippen molar-refractivity contribution in [1.82, 2.24) is 15.4 Å². The number of benzene rings is 2. The average molecular weight is 349 g/mol. The van der Waals surface area contributed by atoms with E-state index in [1.54, 1.807) is 18.2 Å². The summed E-state index contributed by atoms with van der Waals surface area (Å²) < 4.78 is 13.2. The predicted octanol–water partition coefficient (Wildman–Crippen LogP) is 4.17. The van der Waals surface area contributed by atoms with Gasteiger partial charge in [0.05, 0.1) is 16.8 Å². The Morgan fingerprint density at radius 2 is 1.73 bits per heavy atom. The van der Waals surface area contributed by atoms with Crippen molar-refractivity contribution in [2.45, 2.75) is 19.3 Å². The number of halogens is 1. The van der Waals surface area contributed by atoms with Crippen LogP contribution in [0, 0.1) is 5.82 Å². The lowest BCUT2D eigenvalue weighted by Crippen LogP contribution is -2.45. The van der Waals surface area contributed by atoms with E-state index >= 15 is 0 Å². The second-order valence-electron chi connectivity index (χ2n) is 6.57. The quantitative estimate of drug-likeness (QED) is 0.772. The van der Waals surface area contributed by atoms with Crippen molar-refractivity contribution >= 4 is 16.8 Å². The summed E-state index contributed by atoms with van der Waals surface area (Å²) in [7, 11) is 0. The number of pyridine rings is 1. The van der Waals surface area contributed by atoms with Crippen molar-refractivity contribution in [2.75, 3.05) is 13.1 Å². The summed E-state index contributed by atoms with van der Waals surface area (Å²) in [6.07, 6.45) is 3.40. The Morgan fingerprint density at radius 3 is 2.50 bits per heavy atom. The Hall–Kier alpha value is -2.79. The van der Waals surface area contributed by atoms with Crippen LogP contribution in [0.3, 0.4) is 0 Å². The van der Waals surface area contributed by atoms with Gasteiger partial charge in [-0.1, -0.05) is 24.6 Å². The van der Waals surface area contributed by atoms with Crippen LogP contribution in [0.15, 0.2) is 54.6 Å². The molecule has 2 aromatic carbocycles. The normalized spacial score (nSPS) is 15.1. The number of amides is 1. The van der Waals surface area contributed by atoms with Crippen molar-refractivity contribution in [2.24, 2.45) is 0 Å². The summed E-state index contributed by atoms with van der Waals surface area (Å²) in [5.74, 6) is -0.425. The minimum atomic E-state index is -0.294.